The van der Waals surface area contributed by atoms with Gasteiger partial charge in [-0.1, -0.05) is 12.1 Å². The molecule has 1 aromatic heterocycles. The first-order valence-corrected chi connectivity index (χ1v) is 8.31. The predicted molar refractivity (Wildman–Crippen MR) is 99.2 cm³/mol. The van der Waals surface area contributed by atoms with Crippen LogP contribution in [0, 0.1) is 0 Å². The Balaban J connectivity index is 1.84. The highest BCUT2D eigenvalue weighted by Gasteiger charge is 2.08. The second-order valence-corrected chi connectivity index (χ2v) is 5.94. The van der Waals surface area contributed by atoms with Gasteiger partial charge in [0.05, 0.1) is 19.3 Å². The first-order valence-electron chi connectivity index (χ1n) is 8.31. The van der Waals surface area contributed by atoms with E-state index < -0.39 is 0 Å². The maximum absolute atomic E-state index is 12.3. The van der Waals surface area contributed by atoms with Gasteiger partial charge in [-0.15, -0.1) is 0 Å². The Morgan fingerprint density at radius 1 is 1.12 bits per heavy atom. The average Bonchev–Trinajstić information content (AvgIpc) is 2.66. The van der Waals surface area contributed by atoms with Crippen LogP contribution in [0.25, 0.3) is 0 Å². The number of hydrogen-bond acceptors (Lipinski definition) is 4. The highest BCUT2D eigenvalue weighted by Crippen LogP contribution is 2.11. The maximum atomic E-state index is 12.3. The third-order valence-electron chi connectivity index (χ3n) is 3.76. The van der Waals surface area contributed by atoms with E-state index in [1.54, 1.807) is 39.5 Å². The molecule has 0 aliphatic rings. The summed E-state index contributed by atoms with van der Waals surface area (Å²) in [6.07, 6.45) is 2.29. The summed E-state index contributed by atoms with van der Waals surface area (Å²) in [5.74, 6) is 0.643. The Kier molecular flexibility index (Phi) is 6.96. The molecule has 0 aliphatic heterocycles. The molecule has 0 atom stereocenters. The summed E-state index contributed by atoms with van der Waals surface area (Å²) < 4.78 is 5.12. The summed E-state index contributed by atoms with van der Waals surface area (Å²) >= 11 is 0. The number of ether oxygens (including phenoxy) is 1. The molecule has 0 spiro atoms. The van der Waals surface area contributed by atoms with Gasteiger partial charge in [-0.25, -0.2) is 4.79 Å². The zero-order valence-corrected chi connectivity index (χ0v) is 15.3. The number of benzene rings is 1. The maximum Gasteiger partial charge on any atom is 0.317 e. The number of pyridine rings is 1. The SMILES string of the molecule is COc1ccc(CCNC(=O)c2ccnc(CNC(=O)N(C)C)c2)cc1. The van der Waals surface area contributed by atoms with E-state index in [0.29, 0.717) is 17.8 Å². The van der Waals surface area contributed by atoms with Crippen LogP contribution in [0.3, 0.4) is 0 Å². The quantitative estimate of drug-likeness (QED) is 0.793. The summed E-state index contributed by atoms with van der Waals surface area (Å²) in [7, 11) is 4.95. The van der Waals surface area contributed by atoms with Gasteiger partial charge < -0.3 is 20.3 Å². The van der Waals surface area contributed by atoms with E-state index in [0.717, 1.165) is 17.7 Å². The molecule has 2 rings (SSSR count). The molecule has 2 aromatic rings. The minimum absolute atomic E-state index is 0.166. The van der Waals surface area contributed by atoms with E-state index in [1.165, 1.54) is 4.90 Å². The van der Waals surface area contributed by atoms with Crippen molar-refractivity contribution in [3.63, 3.8) is 0 Å². The Bertz CT molecular complexity index is 745. The van der Waals surface area contributed by atoms with Gasteiger partial charge >= 0.3 is 6.03 Å². The number of rotatable bonds is 7. The molecule has 138 valence electrons. The van der Waals surface area contributed by atoms with Gasteiger partial charge in [0.15, 0.2) is 0 Å². The normalized spacial score (nSPS) is 10.1. The Morgan fingerprint density at radius 3 is 2.50 bits per heavy atom. The molecule has 2 N–H and O–H groups in total. The minimum atomic E-state index is -0.207. The molecule has 0 bridgehead atoms. The molecule has 26 heavy (non-hydrogen) atoms. The van der Waals surface area contributed by atoms with Gasteiger partial charge in [-0.3, -0.25) is 9.78 Å². The lowest BCUT2D eigenvalue weighted by Gasteiger charge is -2.12. The average molecular weight is 356 g/mol. The van der Waals surface area contributed by atoms with Gasteiger partial charge in [0.25, 0.3) is 5.91 Å². The zero-order chi connectivity index (χ0) is 18.9. The molecule has 0 saturated heterocycles. The number of urea groups is 1. The summed E-state index contributed by atoms with van der Waals surface area (Å²) in [5.41, 5.74) is 2.26. The van der Waals surface area contributed by atoms with Crippen molar-refractivity contribution in [2.75, 3.05) is 27.7 Å². The number of amides is 3. The molecule has 1 heterocycles. The number of aromatic nitrogens is 1. The summed E-state index contributed by atoms with van der Waals surface area (Å²) in [5, 5.41) is 5.61. The van der Waals surface area contributed by atoms with Crippen molar-refractivity contribution in [1.82, 2.24) is 20.5 Å². The third kappa shape index (κ3) is 5.77. The number of carbonyl (C=O) groups excluding carboxylic acids is 2. The predicted octanol–water partition coefficient (Wildman–Crippen LogP) is 1.83. The van der Waals surface area contributed by atoms with Crippen molar-refractivity contribution >= 4 is 11.9 Å². The van der Waals surface area contributed by atoms with Crippen LogP contribution >= 0.6 is 0 Å². The van der Waals surface area contributed by atoms with E-state index in [1.807, 2.05) is 24.3 Å². The number of methoxy groups -OCH3 is 1. The smallest absolute Gasteiger partial charge is 0.317 e. The lowest BCUT2D eigenvalue weighted by atomic mass is 10.1. The molecule has 1 aromatic carbocycles. The lowest BCUT2D eigenvalue weighted by Crippen LogP contribution is -2.34. The standard InChI is InChI=1S/C19H24N4O3/c1-23(2)19(25)22-13-16-12-15(9-11-20-16)18(24)21-10-8-14-4-6-17(26-3)7-5-14/h4-7,9,11-12H,8,10,13H2,1-3H3,(H,21,24)(H,22,25). The van der Waals surface area contributed by atoms with Crippen molar-refractivity contribution in [2.24, 2.45) is 0 Å². The highest BCUT2D eigenvalue weighted by molar-refractivity contribution is 5.94. The fraction of sp³-hybridized carbons (Fsp3) is 0.316. The topological polar surface area (TPSA) is 83.6 Å². The summed E-state index contributed by atoms with van der Waals surface area (Å²) in [6, 6.07) is 10.9. The van der Waals surface area contributed by atoms with Gasteiger partial charge in [-0.2, -0.15) is 0 Å². The molecule has 0 unspecified atom stereocenters. The summed E-state index contributed by atoms with van der Waals surface area (Å²) in [4.78, 5) is 29.4. The van der Waals surface area contributed by atoms with Crippen LogP contribution in [0.15, 0.2) is 42.6 Å². The monoisotopic (exact) mass is 356 g/mol. The number of nitrogens with one attached hydrogen (secondary N) is 2. The molecule has 0 saturated carbocycles. The van der Waals surface area contributed by atoms with Crippen LogP contribution in [0.2, 0.25) is 0 Å². The Hall–Kier alpha value is -3.09. The highest BCUT2D eigenvalue weighted by atomic mass is 16.5. The molecule has 7 nitrogen and oxygen atoms in total. The molecule has 0 aliphatic carbocycles. The van der Waals surface area contributed by atoms with Gasteiger partial charge in [0.2, 0.25) is 0 Å². The van der Waals surface area contributed by atoms with Crippen molar-refractivity contribution in [3.8, 4) is 5.75 Å². The van der Waals surface area contributed by atoms with Gasteiger partial charge in [-0.05, 0) is 36.2 Å². The first-order chi connectivity index (χ1) is 12.5. The van der Waals surface area contributed by atoms with Crippen LogP contribution in [0.1, 0.15) is 21.6 Å². The second-order valence-electron chi connectivity index (χ2n) is 5.94. The second kappa shape index (κ2) is 9.41. The van der Waals surface area contributed by atoms with Crippen LogP contribution in [-0.4, -0.2) is 49.6 Å². The van der Waals surface area contributed by atoms with Crippen molar-refractivity contribution in [3.05, 3.63) is 59.4 Å². The summed E-state index contributed by atoms with van der Waals surface area (Å²) in [6.45, 7) is 0.796. The Morgan fingerprint density at radius 2 is 1.85 bits per heavy atom. The van der Waals surface area contributed by atoms with Gasteiger partial charge in [0.1, 0.15) is 5.75 Å². The minimum Gasteiger partial charge on any atom is -0.497 e. The molecular weight excluding hydrogens is 332 g/mol. The van der Waals surface area contributed by atoms with E-state index in [-0.39, 0.29) is 18.5 Å². The molecular formula is C19H24N4O3. The first kappa shape index (κ1) is 19.2. The largest absolute Gasteiger partial charge is 0.497 e. The zero-order valence-electron chi connectivity index (χ0n) is 15.3. The van der Waals surface area contributed by atoms with Crippen molar-refractivity contribution < 1.29 is 14.3 Å². The third-order valence-corrected chi connectivity index (χ3v) is 3.76. The van der Waals surface area contributed by atoms with Crippen LogP contribution < -0.4 is 15.4 Å². The van der Waals surface area contributed by atoms with Gasteiger partial charge in [0, 0.05) is 32.4 Å². The van der Waals surface area contributed by atoms with Crippen molar-refractivity contribution in [1.29, 1.82) is 0 Å². The molecule has 7 heteroatoms. The van der Waals surface area contributed by atoms with Crippen LogP contribution in [0.4, 0.5) is 4.79 Å². The van der Waals surface area contributed by atoms with Crippen LogP contribution in [-0.2, 0) is 13.0 Å². The fourth-order valence-corrected chi connectivity index (χ4v) is 2.26. The van der Waals surface area contributed by atoms with E-state index in [2.05, 4.69) is 15.6 Å². The molecule has 0 radical (unpaired) electrons. The molecule has 0 fully saturated rings. The van der Waals surface area contributed by atoms with Crippen LogP contribution in [0.5, 0.6) is 5.75 Å². The number of nitrogens with zero attached hydrogens (tertiary/aromatic N) is 2. The molecule has 3 amide bonds. The van der Waals surface area contributed by atoms with Crippen molar-refractivity contribution in [2.45, 2.75) is 13.0 Å². The van der Waals surface area contributed by atoms with E-state index in [4.69, 9.17) is 4.74 Å². The lowest BCUT2D eigenvalue weighted by molar-refractivity contribution is 0.0954. The number of hydrogen-bond donors (Lipinski definition) is 2. The van der Waals surface area contributed by atoms with E-state index in [9.17, 15) is 9.59 Å². The number of carbonyl (C=O) groups is 2. The fourth-order valence-electron chi connectivity index (χ4n) is 2.26. The van der Waals surface area contributed by atoms with E-state index >= 15 is 0 Å². The Labute approximate surface area is 153 Å².